The first kappa shape index (κ1) is 16.1. The van der Waals surface area contributed by atoms with Gasteiger partial charge in [-0.15, -0.1) is 0 Å². The van der Waals surface area contributed by atoms with Crippen molar-refractivity contribution in [3.63, 3.8) is 0 Å². The predicted molar refractivity (Wildman–Crippen MR) is 100 cm³/mol. The van der Waals surface area contributed by atoms with Gasteiger partial charge in [-0.2, -0.15) is 0 Å². The van der Waals surface area contributed by atoms with Crippen molar-refractivity contribution >= 4 is 11.0 Å². The first-order valence-electron chi connectivity index (χ1n) is 10.2. The predicted octanol–water partition coefficient (Wildman–Crippen LogP) is 6.51. The van der Waals surface area contributed by atoms with E-state index in [4.69, 9.17) is 9.97 Å². The van der Waals surface area contributed by atoms with Gasteiger partial charge < -0.3 is 0 Å². The fourth-order valence-corrected chi connectivity index (χ4v) is 4.68. The van der Waals surface area contributed by atoms with Gasteiger partial charge in [-0.25, -0.2) is 9.97 Å². The highest BCUT2D eigenvalue weighted by Gasteiger charge is 2.18. The van der Waals surface area contributed by atoms with Crippen LogP contribution >= 0.6 is 0 Å². The van der Waals surface area contributed by atoms with E-state index >= 15 is 0 Å². The molecule has 0 unspecified atom stereocenters. The molecule has 24 heavy (non-hydrogen) atoms. The molecule has 2 aromatic heterocycles. The molecule has 2 heteroatoms. The van der Waals surface area contributed by atoms with Gasteiger partial charge in [-0.05, 0) is 55.4 Å². The summed E-state index contributed by atoms with van der Waals surface area (Å²) in [5.41, 5.74) is 3.67. The molecule has 0 N–H and O–H groups in total. The molecule has 0 amide bonds. The van der Waals surface area contributed by atoms with Crippen molar-refractivity contribution in [3.05, 3.63) is 35.7 Å². The third kappa shape index (κ3) is 3.63. The number of hydrogen-bond donors (Lipinski definition) is 0. The molecule has 4 rings (SSSR count). The maximum Gasteiger partial charge on any atom is 0.159 e. The van der Waals surface area contributed by atoms with Crippen LogP contribution in [0.25, 0.3) is 11.0 Å². The van der Waals surface area contributed by atoms with Crippen molar-refractivity contribution < 1.29 is 0 Å². The summed E-state index contributed by atoms with van der Waals surface area (Å²) in [5, 5.41) is 1.23. The zero-order chi connectivity index (χ0) is 16.2. The molecular weight excluding hydrogens is 292 g/mol. The highest BCUT2D eigenvalue weighted by Crippen LogP contribution is 2.34. The lowest BCUT2D eigenvalue weighted by Gasteiger charge is -2.16. The molecule has 0 atom stereocenters. The Morgan fingerprint density at radius 3 is 2.00 bits per heavy atom. The Hall–Kier alpha value is -1.44. The Morgan fingerprint density at radius 1 is 0.708 bits per heavy atom. The lowest BCUT2D eigenvalue weighted by molar-refractivity contribution is 0.579. The standard InChI is InChI=1S/C22H30N2/c1-2-6-10-17(9-5-1)20-15-19-13-14-21(24-22(19)23-16-20)18-11-7-3-4-8-12-18/h13-18H,1-12H2. The molecule has 2 aromatic rings. The zero-order valence-corrected chi connectivity index (χ0v) is 14.8. The van der Waals surface area contributed by atoms with Crippen molar-refractivity contribution in [2.24, 2.45) is 0 Å². The van der Waals surface area contributed by atoms with Gasteiger partial charge in [0.25, 0.3) is 0 Å². The summed E-state index contributed by atoms with van der Waals surface area (Å²) in [7, 11) is 0. The monoisotopic (exact) mass is 322 g/mol. The van der Waals surface area contributed by atoms with Gasteiger partial charge in [0.15, 0.2) is 5.65 Å². The van der Waals surface area contributed by atoms with Gasteiger partial charge in [-0.1, -0.05) is 51.4 Å². The van der Waals surface area contributed by atoms with Crippen LogP contribution in [0.2, 0.25) is 0 Å². The summed E-state index contributed by atoms with van der Waals surface area (Å²) in [5.74, 6) is 1.37. The van der Waals surface area contributed by atoms with Gasteiger partial charge in [0.1, 0.15) is 0 Å². The maximum atomic E-state index is 4.93. The van der Waals surface area contributed by atoms with Gasteiger partial charge in [0, 0.05) is 23.2 Å². The molecule has 0 aromatic carbocycles. The quantitative estimate of drug-likeness (QED) is 0.589. The number of hydrogen-bond acceptors (Lipinski definition) is 2. The Labute approximate surface area is 146 Å². The van der Waals surface area contributed by atoms with Crippen molar-refractivity contribution in [2.75, 3.05) is 0 Å². The molecule has 0 radical (unpaired) electrons. The molecule has 0 spiro atoms. The van der Waals surface area contributed by atoms with Crippen molar-refractivity contribution in [3.8, 4) is 0 Å². The minimum absolute atomic E-state index is 0.653. The van der Waals surface area contributed by atoms with E-state index in [-0.39, 0.29) is 0 Å². The number of pyridine rings is 2. The zero-order valence-electron chi connectivity index (χ0n) is 14.8. The van der Waals surface area contributed by atoms with Gasteiger partial charge in [0.2, 0.25) is 0 Å². The molecule has 2 saturated carbocycles. The summed E-state index contributed by atoms with van der Waals surface area (Å²) in [6.07, 6.45) is 18.5. The van der Waals surface area contributed by atoms with Crippen LogP contribution in [0.15, 0.2) is 24.4 Å². The number of fused-ring (bicyclic) bond motifs is 1. The van der Waals surface area contributed by atoms with Crippen LogP contribution in [0.5, 0.6) is 0 Å². The minimum atomic E-state index is 0.653. The average molecular weight is 322 g/mol. The number of nitrogens with zero attached hydrogens (tertiary/aromatic N) is 2. The Morgan fingerprint density at radius 2 is 1.33 bits per heavy atom. The third-order valence-corrected chi connectivity index (χ3v) is 6.18. The third-order valence-electron chi connectivity index (χ3n) is 6.18. The number of aromatic nitrogens is 2. The second-order valence-corrected chi connectivity index (χ2v) is 7.93. The average Bonchev–Trinajstić information content (AvgIpc) is 3.06. The smallest absolute Gasteiger partial charge is 0.159 e. The molecule has 2 nitrogen and oxygen atoms in total. The van der Waals surface area contributed by atoms with Crippen molar-refractivity contribution in [1.82, 2.24) is 9.97 Å². The van der Waals surface area contributed by atoms with Crippen molar-refractivity contribution in [1.29, 1.82) is 0 Å². The summed E-state index contributed by atoms with van der Waals surface area (Å²) in [6.45, 7) is 0. The van der Waals surface area contributed by atoms with Gasteiger partial charge >= 0.3 is 0 Å². The van der Waals surface area contributed by atoms with Crippen LogP contribution in [0.1, 0.15) is 100 Å². The maximum absolute atomic E-state index is 4.93. The van der Waals surface area contributed by atoms with Crippen LogP contribution < -0.4 is 0 Å². The molecular formula is C22H30N2. The van der Waals surface area contributed by atoms with E-state index in [0.29, 0.717) is 11.8 Å². The molecule has 128 valence electrons. The lowest BCUT2D eigenvalue weighted by atomic mass is 9.92. The molecule has 2 aliphatic rings. The normalized spacial score (nSPS) is 21.5. The molecule has 2 aliphatic carbocycles. The minimum Gasteiger partial charge on any atom is -0.236 e. The number of rotatable bonds is 2. The summed E-state index contributed by atoms with van der Waals surface area (Å²) >= 11 is 0. The topological polar surface area (TPSA) is 25.8 Å². The van der Waals surface area contributed by atoms with Crippen LogP contribution in [0.3, 0.4) is 0 Å². The summed E-state index contributed by atoms with van der Waals surface area (Å²) < 4.78 is 0. The Bertz CT molecular complexity index is 603. The summed E-state index contributed by atoms with van der Waals surface area (Å²) in [6, 6.07) is 6.91. The molecule has 0 bridgehead atoms. The van der Waals surface area contributed by atoms with E-state index in [9.17, 15) is 0 Å². The van der Waals surface area contributed by atoms with E-state index in [0.717, 1.165) is 5.65 Å². The lowest BCUT2D eigenvalue weighted by Crippen LogP contribution is -2.02. The molecule has 2 fully saturated rings. The summed E-state index contributed by atoms with van der Waals surface area (Å²) in [4.78, 5) is 9.69. The fourth-order valence-electron chi connectivity index (χ4n) is 4.68. The van der Waals surface area contributed by atoms with E-state index in [2.05, 4.69) is 24.4 Å². The second kappa shape index (κ2) is 7.63. The van der Waals surface area contributed by atoms with Gasteiger partial charge in [0.05, 0.1) is 0 Å². The van der Waals surface area contributed by atoms with E-state index in [1.807, 2.05) is 0 Å². The SMILES string of the molecule is c1nc2nc(C3CCCCCC3)ccc2cc1C1CCCCCC1. The second-order valence-electron chi connectivity index (χ2n) is 7.93. The highest BCUT2D eigenvalue weighted by atomic mass is 14.8. The first-order chi connectivity index (χ1) is 11.9. The van der Waals surface area contributed by atoms with Crippen LogP contribution in [-0.4, -0.2) is 9.97 Å². The Kier molecular flexibility index (Phi) is 5.10. The first-order valence-corrected chi connectivity index (χ1v) is 10.2. The van der Waals surface area contributed by atoms with Gasteiger partial charge in [-0.3, -0.25) is 0 Å². The van der Waals surface area contributed by atoms with Crippen molar-refractivity contribution in [2.45, 2.75) is 88.9 Å². The van der Waals surface area contributed by atoms with Crippen LogP contribution in [0.4, 0.5) is 0 Å². The fraction of sp³-hybridized carbons (Fsp3) is 0.636. The molecule has 0 saturated heterocycles. The van der Waals surface area contributed by atoms with E-state index in [1.54, 1.807) is 0 Å². The molecule has 2 heterocycles. The van der Waals surface area contributed by atoms with Crippen LogP contribution in [-0.2, 0) is 0 Å². The molecule has 0 aliphatic heterocycles. The highest BCUT2D eigenvalue weighted by molar-refractivity contribution is 5.75. The largest absolute Gasteiger partial charge is 0.236 e. The Balaban J connectivity index is 1.58. The van der Waals surface area contributed by atoms with E-state index in [1.165, 1.54) is 93.7 Å². The van der Waals surface area contributed by atoms with E-state index < -0.39 is 0 Å². The van der Waals surface area contributed by atoms with Crippen LogP contribution in [0, 0.1) is 0 Å².